The van der Waals surface area contributed by atoms with Crippen molar-refractivity contribution in [1.29, 1.82) is 0 Å². The molecular weight excluding hydrogens is 302 g/mol. The van der Waals surface area contributed by atoms with Crippen molar-refractivity contribution in [3.63, 3.8) is 0 Å². The summed E-state index contributed by atoms with van der Waals surface area (Å²) >= 11 is 5.01. The SMILES string of the molecule is CCNC(=S)N/N=C(\C)c1cc2ccc(OC)cc2oc1=O. The maximum Gasteiger partial charge on any atom is 0.345 e. The van der Waals surface area contributed by atoms with Crippen LogP contribution in [0, 0.1) is 0 Å². The smallest absolute Gasteiger partial charge is 0.345 e. The van der Waals surface area contributed by atoms with Crippen LogP contribution >= 0.6 is 12.2 Å². The summed E-state index contributed by atoms with van der Waals surface area (Å²) in [6.45, 7) is 4.33. The average molecular weight is 319 g/mol. The van der Waals surface area contributed by atoms with Crippen LogP contribution in [0.4, 0.5) is 0 Å². The Hall–Kier alpha value is -2.41. The minimum Gasteiger partial charge on any atom is -0.497 e. The van der Waals surface area contributed by atoms with Crippen LogP contribution in [0.15, 0.2) is 38.6 Å². The molecule has 0 unspecified atom stereocenters. The third-order valence-corrected chi connectivity index (χ3v) is 3.23. The van der Waals surface area contributed by atoms with Gasteiger partial charge < -0.3 is 14.5 Å². The van der Waals surface area contributed by atoms with E-state index >= 15 is 0 Å². The first kappa shape index (κ1) is 16.0. The van der Waals surface area contributed by atoms with Gasteiger partial charge in [0.15, 0.2) is 5.11 Å². The second-order valence-corrected chi connectivity index (χ2v) is 4.93. The summed E-state index contributed by atoms with van der Waals surface area (Å²) in [4.78, 5) is 12.1. The van der Waals surface area contributed by atoms with E-state index in [1.165, 1.54) is 0 Å². The molecule has 2 N–H and O–H groups in total. The van der Waals surface area contributed by atoms with Crippen molar-refractivity contribution in [2.45, 2.75) is 13.8 Å². The number of methoxy groups -OCH3 is 1. The van der Waals surface area contributed by atoms with E-state index in [0.717, 1.165) is 5.39 Å². The lowest BCUT2D eigenvalue weighted by Gasteiger charge is -2.06. The Morgan fingerprint density at radius 1 is 1.41 bits per heavy atom. The van der Waals surface area contributed by atoms with E-state index < -0.39 is 5.63 Å². The molecule has 2 rings (SSSR count). The lowest BCUT2D eigenvalue weighted by molar-refractivity contribution is 0.414. The van der Waals surface area contributed by atoms with E-state index in [9.17, 15) is 4.79 Å². The van der Waals surface area contributed by atoms with Gasteiger partial charge >= 0.3 is 5.63 Å². The summed E-state index contributed by atoms with van der Waals surface area (Å²) in [6, 6.07) is 7.03. The summed E-state index contributed by atoms with van der Waals surface area (Å²) in [5.41, 5.74) is 3.56. The van der Waals surface area contributed by atoms with E-state index in [1.54, 1.807) is 32.2 Å². The number of nitrogens with zero attached hydrogens (tertiary/aromatic N) is 1. The van der Waals surface area contributed by atoms with Crippen molar-refractivity contribution < 1.29 is 9.15 Å². The monoisotopic (exact) mass is 319 g/mol. The molecule has 22 heavy (non-hydrogen) atoms. The van der Waals surface area contributed by atoms with Crippen LogP contribution in [-0.2, 0) is 0 Å². The zero-order chi connectivity index (χ0) is 16.1. The van der Waals surface area contributed by atoms with Gasteiger partial charge in [-0.1, -0.05) is 0 Å². The molecule has 0 atom stereocenters. The second-order valence-electron chi connectivity index (χ2n) is 4.52. The molecule has 0 amide bonds. The molecule has 1 aromatic carbocycles. The molecule has 0 radical (unpaired) electrons. The first-order valence-corrected chi connectivity index (χ1v) is 7.16. The molecule has 0 saturated heterocycles. The molecule has 0 fully saturated rings. The van der Waals surface area contributed by atoms with Crippen molar-refractivity contribution in [2.24, 2.45) is 5.10 Å². The highest BCUT2D eigenvalue weighted by molar-refractivity contribution is 7.80. The molecule has 6 nitrogen and oxygen atoms in total. The number of hydrogen-bond acceptors (Lipinski definition) is 5. The highest BCUT2D eigenvalue weighted by Gasteiger charge is 2.09. The molecule has 0 aliphatic carbocycles. The molecule has 1 aromatic heterocycles. The number of hydrazone groups is 1. The number of thiocarbonyl (C=S) groups is 1. The zero-order valence-corrected chi connectivity index (χ0v) is 13.4. The Morgan fingerprint density at radius 3 is 2.86 bits per heavy atom. The second kappa shape index (κ2) is 7.04. The first-order valence-electron chi connectivity index (χ1n) is 6.75. The average Bonchev–Trinajstić information content (AvgIpc) is 2.51. The van der Waals surface area contributed by atoms with Gasteiger partial charge in [-0.15, -0.1) is 0 Å². The lowest BCUT2D eigenvalue weighted by Crippen LogP contribution is -2.32. The van der Waals surface area contributed by atoms with E-state index in [4.69, 9.17) is 21.4 Å². The van der Waals surface area contributed by atoms with Gasteiger partial charge in [0.1, 0.15) is 11.3 Å². The van der Waals surface area contributed by atoms with E-state index in [-0.39, 0.29) is 0 Å². The Morgan fingerprint density at radius 2 is 2.18 bits per heavy atom. The van der Waals surface area contributed by atoms with Crippen LogP contribution < -0.4 is 21.1 Å². The van der Waals surface area contributed by atoms with Crippen molar-refractivity contribution in [3.8, 4) is 5.75 Å². The number of nitrogens with one attached hydrogen (secondary N) is 2. The minimum absolute atomic E-state index is 0.379. The largest absolute Gasteiger partial charge is 0.497 e. The molecule has 0 aliphatic rings. The summed E-state index contributed by atoms with van der Waals surface area (Å²) in [5.74, 6) is 0.631. The maximum absolute atomic E-state index is 12.1. The molecule has 0 spiro atoms. The number of fused-ring (bicyclic) bond motifs is 1. The predicted molar refractivity (Wildman–Crippen MR) is 90.7 cm³/mol. The van der Waals surface area contributed by atoms with Crippen molar-refractivity contribution >= 4 is 34.0 Å². The standard InChI is InChI=1S/C15H17N3O3S/c1-4-16-15(22)18-17-9(2)12-7-10-5-6-11(20-3)8-13(10)21-14(12)19/h5-8H,4H2,1-3H3,(H2,16,18,22)/b17-9+. The van der Waals surface area contributed by atoms with Crippen molar-refractivity contribution in [3.05, 3.63) is 40.2 Å². The number of hydrogen-bond donors (Lipinski definition) is 2. The summed E-state index contributed by atoms with van der Waals surface area (Å²) in [6.07, 6.45) is 0. The normalized spacial score (nSPS) is 11.3. The van der Waals surface area contributed by atoms with Gasteiger partial charge in [-0.3, -0.25) is 5.43 Å². The Balaban J connectivity index is 2.35. The van der Waals surface area contributed by atoms with Gasteiger partial charge in [0.2, 0.25) is 0 Å². The highest BCUT2D eigenvalue weighted by atomic mass is 32.1. The molecule has 0 bridgehead atoms. The minimum atomic E-state index is -0.460. The Bertz CT molecular complexity index is 783. The summed E-state index contributed by atoms with van der Waals surface area (Å²) in [7, 11) is 1.56. The van der Waals surface area contributed by atoms with Crippen LogP contribution in [0.3, 0.4) is 0 Å². The van der Waals surface area contributed by atoms with E-state index in [1.807, 2.05) is 13.0 Å². The fourth-order valence-corrected chi connectivity index (χ4v) is 2.06. The predicted octanol–water partition coefficient (Wildman–Crippen LogP) is 2.01. The third kappa shape index (κ3) is 3.62. The summed E-state index contributed by atoms with van der Waals surface area (Å²) < 4.78 is 10.4. The van der Waals surface area contributed by atoms with Crippen molar-refractivity contribution in [1.82, 2.24) is 10.7 Å². The molecule has 0 saturated carbocycles. The fourth-order valence-electron chi connectivity index (χ4n) is 1.87. The Labute approximate surface area is 133 Å². The van der Waals surface area contributed by atoms with Crippen LogP contribution in [0.2, 0.25) is 0 Å². The Kier molecular flexibility index (Phi) is 5.11. The van der Waals surface area contributed by atoms with Crippen LogP contribution in [-0.4, -0.2) is 24.5 Å². The van der Waals surface area contributed by atoms with E-state index in [2.05, 4.69) is 15.8 Å². The molecule has 0 aliphatic heterocycles. The van der Waals surface area contributed by atoms with Crippen LogP contribution in [0.5, 0.6) is 5.75 Å². The van der Waals surface area contributed by atoms with Crippen LogP contribution in [0.1, 0.15) is 19.4 Å². The highest BCUT2D eigenvalue weighted by Crippen LogP contribution is 2.20. The van der Waals surface area contributed by atoms with Gasteiger partial charge in [0.25, 0.3) is 0 Å². The summed E-state index contributed by atoms with van der Waals surface area (Å²) in [5, 5.41) is 8.19. The van der Waals surface area contributed by atoms with Gasteiger partial charge in [-0.25, -0.2) is 4.79 Å². The van der Waals surface area contributed by atoms with Gasteiger partial charge in [-0.05, 0) is 44.3 Å². The molecule has 1 heterocycles. The fraction of sp³-hybridized carbons (Fsp3) is 0.267. The molecule has 116 valence electrons. The van der Waals surface area contributed by atoms with Crippen LogP contribution in [0.25, 0.3) is 11.0 Å². The number of ether oxygens (including phenoxy) is 1. The molecule has 2 aromatic rings. The number of rotatable bonds is 4. The van der Waals surface area contributed by atoms with E-state index in [0.29, 0.717) is 34.3 Å². The maximum atomic E-state index is 12.1. The number of benzene rings is 1. The molecular formula is C15H17N3O3S. The quantitative estimate of drug-likeness (QED) is 0.389. The first-order chi connectivity index (χ1) is 10.5. The van der Waals surface area contributed by atoms with Gasteiger partial charge in [0, 0.05) is 18.0 Å². The zero-order valence-electron chi connectivity index (χ0n) is 12.6. The third-order valence-electron chi connectivity index (χ3n) is 3.00. The topological polar surface area (TPSA) is 75.9 Å². The molecule has 7 heteroatoms. The lowest BCUT2D eigenvalue weighted by atomic mass is 10.1. The van der Waals surface area contributed by atoms with Gasteiger partial charge in [0.05, 0.1) is 18.4 Å². The van der Waals surface area contributed by atoms with Crippen molar-refractivity contribution in [2.75, 3.05) is 13.7 Å². The van der Waals surface area contributed by atoms with Gasteiger partial charge in [-0.2, -0.15) is 5.10 Å².